The van der Waals surface area contributed by atoms with E-state index in [0.717, 1.165) is 5.02 Å². The Morgan fingerprint density at radius 3 is 2.56 bits per heavy atom. The Balaban J connectivity index is 2.06. The number of hydrogen-bond acceptors (Lipinski definition) is 2. The molecule has 0 saturated heterocycles. The number of hydrogen-bond donors (Lipinski definition) is 2. The number of benzene rings is 1. The van der Waals surface area contributed by atoms with E-state index in [1.807, 2.05) is 24.3 Å². The van der Waals surface area contributed by atoms with E-state index in [0.29, 0.717) is 5.92 Å². The van der Waals surface area contributed by atoms with E-state index in [1.165, 1.54) is 18.4 Å². The lowest BCUT2D eigenvalue weighted by atomic mass is 10.0. The van der Waals surface area contributed by atoms with Crippen molar-refractivity contribution in [2.45, 2.75) is 18.9 Å². The zero-order chi connectivity index (χ0) is 11.5. The summed E-state index contributed by atoms with van der Waals surface area (Å²) in [6.07, 6.45) is 2.41. The molecule has 1 atom stereocenters. The van der Waals surface area contributed by atoms with Crippen molar-refractivity contribution < 1.29 is 4.79 Å². The zero-order valence-electron chi connectivity index (χ0n) is 8.95. The van der Waals surface area contributed by atoms with E-state index in [2.05, 4.69) is 5.32 Å². The molecular weight excluding hydrogens is 224 g/mol. The van der Waals surface area contributed by atoms with Crippen molar-refractivity contribution in [2.24, 2.45) is 11.7 Å². The molecule has 2 rings (SSSR count). The number of nitrogens with one attached hydrogen (secondary N) is 1. The quantitative estimate of drug-likeness (QED) is 0.823. The van der Waals surface area contributed by atoms with Crippen molar-refractivity contribution in [3.63, 3.8) is 0 Å². The maximum atomic E-state index is 10.8. The van der Waals surface area contributed by atoms with E-state index >= 15 is 0 Å². The van der Waals surface area contributed by atoms with Crippen LogP contribution in [0.25, 0.3) is 0 Å². The van der Waals surface area contributed by atoms with Crippen molar-refractivity contribution in [1.29, 1.82) is 0 Å². The van der Waals surface area contributed by atoms with Crippen molar-refractivity contribution >= 4 is 17.5 Å². The highest BCUT2D eigenvalue weighted by atomic mass is 35.5. The van der Waals surface area contributed by atoms with Gasteiger partial charge >= 0.3 is 0 Å². The summed E-state index contributed by atoms with van der Waals surface area (Å²) in [5.41, 5.74) is 6.32. The van der Waals surface area contributed by atoms with Crippen LogP contribution in [-0.4, -0.2) is 12.5 Å². The summed E-state index contributed by atoms with van der Waals surface area (Å²) in [6.45, 7) is 0.226. The summed E-state index contributed by atoms with van der Waals surface area (Å²) in [6, 6.07) is 7.97. The standard InChI is InChI=1S/C12H15ClN2O/c13-10-5-3-9(4-6-10)12(8-1-2-8)15-7-11(14)16/h3-6,8,12,15H,1-2,7H2,(H2,14,16). The van der Waals surface area contributed by atoms with Crippen LogP contribution in [0.4, 0.5) is 0 Å². The molecule has 16 heavy (non-hydrogen) atoms. The first-order valence-electron chi connectivity index (χ1n) is 5.44. The van der Waals surface area contributed by atoms with Crippen LogP contribution in [-0.2, 0) is 4.79 Å². The molecule has 0 radical (unpaired) electrons. The van der Waals surface area contributed by atoms with Gasteiger partial charge < -0.3 is 11.1 Å². The van der Waals surface area contributed by atoms with E-state index in [-0.39, 0.29) is 18.5 Å². The van der Waals surface area contributed by atoms with Crippen LogP contribution in [0.3, 0.4) is 0 Å². The summed E-state index contributed by atoms with van der Waals surface area (Å²) in [4.78, 5) is 10.8. The molecule has 1 saturated carbocycles. The molecule has 86 valence electrons. The lowest BCUT2D eigenvalue weighted by molar-refractivity contribution is -0.117. The second kappa shape index (κ2) is 4.85. The van der Waals surface area contributed by atoms with Crippen LogP contribution >= 0.6 is 11.6 Å². The molecule has 1 aromatic carbocycles. The van der Waals surface area contributed by atoms with Crippen molar-refractivity contribution in [3.8, 4) is 0 Å². The highest BCUT2D eigenvalue weighted by molar-refractivity contribution is 6.30. The summed E-state index contributed by atoms with van der Waals surface area (Å²) >= 11 is 5.84. The average molecular weight is 239 g/mol. The monoisotopic (exact) mass is 238 g/mol. The second-order valence-corrected chi connectivity index (χ2v) is 4.65. The summed E-state index contributed by atoms with van der Waals surface area (Å²) in [7, 11) is 0. The number of nitrogens with two attached hydrogens (primary N) is 1. The maximum absolute atomic E-state index is 10.8. The smallest absolute Gasteiger partial charge is 0.231 e. The van der Waals surface area contributed by atoms with Crippen LogP contribution < -0.4 is 11.1 Å². The van der Waals surface area contributed by atoms with Gasteiger partial charge in [0.15, 0.2) is 0 Å². The molecule has 1 aromatic rings. The molecular formula is C12H15ClN2O. The fraction of sp³-hybridized carbons (Fsp3) is 0.417. The Bertz CT molecular complexity index is 373. The SMILES string of the molecule is NC(=O)CNC(c1ccc(Cl)cc1)C1CC1. The lowest BCUT2D eigenvalue weighted by Crippen LogP contribution is -2.32. The van der Waals surface area contributed by atoms with E-state index in [4.69, 9.17) is 17.3 Å². The van der Waals surface area contributed by atoms with Gasteiger partial charge in [-0.15, -0.1) is 0 Å². The molecule has 1 unspecified atom stereocenters. The van der Waals surface area contributed by atoms with Gasteiger partial charge in [-0.25, -0.2) is 0 Å². The van der Waals surface area contributed by atoms with Gasteiger partial charge in [0.25, 0.3) is 0 Å². The molecule has 1 aliphatic carbocycles. The normalized spacial score (nSPS) is 17.1. The first-order chi connectivity index (χ1) is 7.66. The third-order valence-electron chi connectivity index (χ3n) is 2.82. The minimum atomic E-state index is -0.320. The fourth-order valence-electron chi connectivity index (χ4n) is 1.87. The first-order valence-corrected chi connectivity index (χ1v) is 5.82. The molecule has 1 aliphatic rings. The van der Waals surface area contributed by atoms with Crippen LogP contribution in [0.5, 0.6) is 0 Å². The van der Waals surface area contributed by atoms with Crippen LogP contribution in [0.15, 0.2) is 24.3 Å². The van der Waals surface area contributed by atoms with Crippen molar-refractivity contribution in [3.05, 3.63) is 34.9 Å². The summed E-state index contributed by atoms with van der Waals surface area (Å²) in [5, 5.41) is 3.93. The Kier molecular flexibility index (Phi) is 3.46. The van der Waals surface area contributed by atoms with Crippen molar-refractivity contribution in [2.75, 3.05) is 6.54 Å². The minimum absolute atomic E-state index is 0.226. The van der Waals surface area contributed by atoms with Gasteiger partial charge in [0, 0.05) is 11.1 Å². The second-order valence-electron chi connectivity index (χ2n) is 4.21. The lowest BCUT2D eigenvalue weighted by Gasteiger charge is -2.17. The van der Waals surface area contributed by atoms with Gasteiger partial charge in [0.05, 0.1) is 6.54 Å². The van der Waals surface area contributed by atoms with Gasteiger partial charge in [-0.2, -0.15) is 0 Å². The first kappa shape index (κ1) is 11.4. The molecule has 3 nitrogen and oxygen atoms in total. The van der Waals surface area contributed by atoms with Gasteiger partial charge in [0.1, 0.15) is 0 Å². The number of amides is 1. The Labute approximate surface area is 100.0 Å². The number of primary amides is 1. The highest BCUT2D eigenvalue weighted by Crippen LogP contribution is 2.41. The fourth-order valence-corrected chi connectivity index (χ4v) is 1.99. The van der Waals surface area contributed by atoms with Crippen LogP contribution in [0.1, 0.15) is 24.4 Å². The Morgan fingerprint density at radius 1 is 1.44 bits per heavy atom. The number of carbonyl (C=O) groups excluding carboxylic acids is 1. The average Bonchev–Trinajstić information content (AvgIpc) is 3.04. The topological polar surface area (TPSA) is 55.1 Å². The summed E-state index contributed by atoms with van der Waals surface area (Å²) in [5.74, 6) is 0.306. The van der Waals surface area contributed by atoms with Crippen molar-refractivity contribution in [1.82, 2.24) is 5.32 Å². The molecule has 0 bridgehead atoms. The number of carbonyl (C=O) groups is 1. The predicted molar refractivity (Wildman–Crippen MR) is 64.1 cm³/mol. The van der Waals surface area contributed by atoms with E-state index in [9.17, 15) is 4.79 Å². The van der Waals surface area contributed by atoms with E-state index in [1.54, 1.807) is 0 Å². The molecule has 3 N–H and O–H groups in total. The highest BCUT2D eigenvalue weighted by Gasteiger charge is 2.32. The predicted octanol–water partition coefficient (Wildman–Crippen LogP) is 1.87. The largest absolute Gasteiger partial charge is 0.369 e. The Morgan fingerprint density at radius 2 is 2.06 bits per heavy atom. The van der Waals surface area contributed by atoms with Crippen LogP contribution in [0, 0.1) is 5.92 Å². The molecule has 1 amide bonds. The molecule has 0 aromatic heterocycles. The number of halogens is 1. The third kappa shape index (κ3) is 2.97. The maximum Gasteiger partial charge on any atom is 0.231 e. The zero-order valence-corrected chi connectivity index (χ0v) is 9.70. The molecule has 0 spiro atoms. The summed E-state index contributed by atoms with van der Waals surface area (Å²) < 4.78 is 0. The minimum Gasteiger partial charge on any atom is -0.369 e. The third-order valence-corrected chi connectivity index (χ3v) is 3.07. The molecule has 0 aliphatic heterocycles. The van der Waals surface area contributed by atoms with Crippen LogP contribution in [0.2, 0.25) is 5.02 Å². The molecule has 4 heteroatoms. The van der Waals surface area contributed by atoms with Gasteiger partial charge in [0.2, 0.25) is 5.91 Å². The Hall–Kier alpha value is -1.06. The molecule has 1 fully saturated rings. The van der Waals surface area contributed by atoms with Gasteiger partial charge in [-0.3, -0.25) is 4.79 Å². The van der Waals surface area contributed by atoms with Gasteiger partial charge in [-0.05, 0) is 36.5 Å². The molecule has 0 heterocycles. The number of rotatable bonds is 5. The van der Waals surface area contributed by atoms with E-state index < -0.39 is 0 Å². The van der Waals surface area contributed by atoms with Gasteiger partial charge in [-0.1, -0.05) is 23.7 Å².